The van der Waals surface area contributed by atoms with E-state index in [-0.39, 0.29) is 17.0 Å². The molecule has 0 aliphatic rings. The van der Waals surface area contributed by atoms with Crippen molar-refractivity contribution < 1.29 is 26.4 Å². The molecule has 1 N–H and O–H groups in total. The van der Waals surface area contributed by atoms with Crippen molar-refractivity contribution in [3.8, 4) is 0 Å². The first kappa shape index (κ1) is 21.9. The summed E-state index contributed by atoms with van der Waals surface area (Å²) in [5, 5.41) is 2.58. The second kappa shape index (κ2) is 8.74. The fraction of sp³-hybridized carbons (Fsp3) is 0.316. The van der Waals surface area contributed by atoms with E-state index in [2.05, 4.69) is 5.32 Å². The Hall–Kier alpha value is -2.39. The number of nitrogens with zero attached hydrogens (tertiary/aromatic N) is 1. The highest BCUT2D eigenvalue weighted by molar-refractivity contribution is 7.89. The van der Waals surface area contributed by atoms with Crippen molar-refractivity contribution in [2.24, 2.45) is 0 Å². The molecule has 1 amide bonds. The van der Waals surface area contributed by atoms with Gasteiger partial charge in [0.15, 0.2) is 0 Å². The lowest BCUT2D eigenvalue weighted by Crippen LogP contribution is -2.31. The molecule has 0 aromatic heterocycles. The first-order valence-electron chi connectivity index (χ1n) is 8.64. The van der Waals surface area contributed by atoms with E-state index < -0.39 is 27.7 Å². The highest BCUT2D eigenvalue weighted by atomic mass is 32.2. The molecule has 0 aliphatic carbocycles. The van der Waals surface area contributed by atoms with Gasteiger partial charge in [0.2, 0.25) is 10.0 Å². The normalized spacial score (nSPS) is 12.2. The number of rotatable bonds is 7. The van der Waals surface area contributed by atoms with E-state index in [4.69, 9.17) is 0 Å². The molecular weight excluding hydrogens is 393 g/mol. The maximum Gasteiger partial charge on any atom is 0.416 e. The van der Waals surface area contributed by atoms with Gasteiger partial charge in [0.25, 0.3) is 5.91 Å². The van der Waals surface area contributed by atoms with Crippen LogP contribution in [0.25, 0.3) is 0 Å². The van der Waals surface area contributed by atoms with Gasteiger partial charge in [0.05, 0.1) is 10.5 Å². The van der Waals surface area contributed by atoms with Crippen LogP contribution in [-0.4, -0.2) is 31.7 Å². The molecule has 2 aromatic rings. The summed E-state index contributed by atoms with van der Waals surface area (Å²) in [4.78, 5) is 12.3. The van der Waals surface area contributed by atoms with E-state index in [1.165, 1.54) is 40.7 Å². The Kier molecular flexibility index (Phi) is 6.84. The van der Waals surface area contributed by atoms with Gasteiger partial charge in [0.1, 0.15) is 0 Å². The summed E-state index contributed by atoms with van der Waals surface area (Å²) < 4.78 is 64.1. The lowest BCUT2D eigenvalue weighted by atomic mass is 10.1. The zero-order valence-electron chi connectivity index (χ0n) is 15.5. The van der Waals surface area contributed by atoms with Crippen molar-refractivity contribution in [3.63, 3.8) is 0 Å². The summed E-state index contributed by atoms with van der Waals surface area (Å²) in [5.41, 5.74) is -0.120. The Labute approximate surface area is 162 Å². The minimum Gasteiger partial charge on any atom is -0.348 e. The molecule has 28 heavy (non-hydrogen) atoms. The van der Waals surface area contributed by atoms with Gasteiger partial charge in [-0.05, 0) is 35.9 Å². The number of sulfonamides is 1. The quantitative estimate of drug-likeness (QED) is 0.752. The summed E-state index contributed by atoms with van der Waals surface area (Å²) in [7, 11) is -3.70. The standard InChI is InChI=1S/C19H21F3N2O3S/c1-3-24(4-2)28(26,27)17-7-5-6-15(12-17)18(25)23-13-14-8-10-16(11-9-14)19(20,21)22/h5-12H,3-4,13H2,1-2H3,(H,23,25). The molecule has 0 spiro atoms. The Balaban J connectivity index is 2.11. The maximum atomic E-state index is 12.6. The molecule has 0 fully saturated rings. The van der Waals surface area contributed by atoms with Crippen LogP contribution in [0.4, 0.5) is 13.2 Å². The van der Waals surface area contributed by atoms with Gasteiger partial charge in [-0.1, -0.05) is 32.0 Å². The van der Waals surface area contributed by atoms with Crippen LogP contribution in [0, 0.1) is 0 Å². The van der Waals surface area contributed by atoms with Gasteiger partial charge in [-0.25, -0.2) is 8.42 Å². The number of carbonyl (C=O) groups is 1. The molecule has 0 unspecified atom stereocenters. The lowest BCUT2D eigenvalue weighted by Gasteiger charge is -2.18. The monoisotopic (exact) mass is 414 g/mol. The third-order valence-electron chi connectivity index (χ3n) is 4.17. The number of amides is 1. The predicted octanol–water partition coefficient (Wildman–Crippen LogP) is 3.67. The second-order valence-corrected chi connectivity index (χ2v) is 7.93. The molecule has 9 heteroatoms. The van der Waals surface area contributed by atoms with E-state index in [0.717, 1.165) is 12.1 Å². The van der Waals surface area contributed by atoms with Gasteiger partial charge >= 0.3 is 6.18 Å². The van der Waals surface area contributed by atoms with Gasteiger partial charge in [-0.15, -0.1) is 0 Å². The summed E-state index contributed by atoms with van der Waals surface area (Å²) in [6.45, 7) is 4.08. The molecule has 0 radical (unpaired) electrons. The fourth-order valence-electron chi connectivity index (χ4n) is 2.61. The van der Waals surface area contributed by atoms with Crippen molar-refractivity contribution in [1.29, 1.82) is 0 Å². The highest BCUT2D eigenvalue weighted by Gasteiger charge is 2.30. The van der Waals surface area contributed by atoms with Crippen LogP contribution in [0.15, 0.2) is 53.4 Å². The number of halogens is 3. The predicted molar refractivity (Wildman–Crippen MR) is 99.2 cm³/mol. The molecule has 0 atom stereocenters. The molecule has 0 saturated heterocycles. The summed E-state index contributed by atoms with van der Waals surface area (Å²) in [6.07, 6.45) is -4.42. The average molecular weight is 414 g/mol. The van der Waals surface area contributed by atoms with Crippen LogP contribution >= 0.6 is 0 Å². The van der Waals surface area contributed by atoms with Crippen LogP contribution in [-0.2, 0) is 22.7 Å². The molecular formula is C19H21F3N2O3S. The van der Waals surface area contributed by atoms with Crippen molar-refractivity contribution in [1.82, 2.24) is 9.62 Å². The second-order valence-electron chi connectivity index (χ2n) is 5.99. The number of alkyl halides is 3. The zero-order chi connectivity index (χ0) is 20.9. The molecule has 0 aliphatic heterocycles. The van der Waals surface area contributed by atoms with Gasteiger partial charge in [0, 0.05) is 25.2 Å². The fourth-order valence-corrected chi connectivity index (χ4v) is 4.11. The van der Waals surface area contributed by atoms with Crippen LogP contribution in [0.3, 0.4) is 0 Å². The van der Waals surface area contributed by atoms with Crippen LogP contribution in [0.1, 0.15) is 35.3 Å². The number of benzene rings is 2. The van der Waals surface area contributed by atoms with E-state index in [1.54, 1.807) is 13.8 Å². The Bertz CT molecular complexity index is 922. The minimum absolute atomic E-state index is 0.0124. The first-order chi connectivity index (χ1) is 13.1. The number of carbonyl (C=O) groups excluding carboxylic acids is 1. The molecule has 2 aromatic carbocycles. The molecule has 2 rings (SSSR count). The summed E-state index contributed by atoms with van der Waals surface area (Å²) >= 11 is 0. The molecule has 0 bridgehead atoms. The van der Waals surface area contributed by atoms with Crippen molar-refractivity contribution >= 4 is 15.9 Å². The molecule has 0 saturated carbocycles. The van der Waals surface area contributed by atoms with E-state index in [9.17, 15) is 26.4 Å². The topological polar surface area (TPSA) is 66.5 Å². The molecule has 5 nitrogen and oxygen atoms in total. The summed E-state index contributed by atoms with van der Waals surface area (Å²) in [5.74, 6) is -0.517. The Morgan fingerprint density at radius 1 is 1.04 bits per heavy atom. The van der Waals surface area contributed by atoms with Crippen LogP contribution in [0.5, 0.6) is 0 Å². The largest absolute Gasteiger partial charge is 0.416 e. The SMILES string of the molecule is CCN(CC)S(=O)(=O)c1cccc(C(=O)NCc2ccc(C(F)(F)F)cc2)c1. The lowest BCUT2D eigenvalue weighted by molar-refractivity contribution is -0.137. The highest BCUT2D eigenvalue weighted by Crippen LogP contribution is 2.29. The minimum atomic E-state index is -4.42. The Morgan fingerprint density at radius 2 is 1.64 bits per heavy atom. The third-order valence-corrected chi connectivity index (χ3v) is 6.22. The van der Waals surface area contributed by atoms with Crippen LogP contribution < -0.4 is 5.32 Å². The van der Waals surface area contributed by atoms with Crippen molar-refractivity contribution in [2.45, 2.75) is 31.5 Å². The summed E-state index contributed by atoms with van der Waals surface area (Å²) in [6, 6.07) is 10.1. The van der Waals surface area contributed by atoms with E-state index in [0.29, 0.717) is 18.7 Å². The van der Waals surface area contributed by atoms with Crippen LogP contribution in [0.2, 0.25) is 0 Å². The van der Waals surface area contributed by atoms with Gasteiger partial charge in [-0.2, -0.15) is 17.5 Å². The maximum absolute atomic E-state index is 12.6. The smallest absolute Gasteiger partial charge is 0.348 e. The number of hydrogen-bond acceptors (Lipinski definition) is 3. The van der Waals surface area contributed by atoms with E-state index in [1.807, 2.05) is 0 Å². The van der Waals surface area contributed by atoms with Crippen molar-refractivity contribution in [3.05, 3.63) is 65.2 Å². The van der Waals surface area contributed by atoms with E-state index >= 15 is 0 Å². The number of hydrogen-bond donors (Lipinski definition) is 1. The van der Waals surface area contributed by atoms with Gasteiger partial charge < -0.3 is 5.32 Å². The van der Waals surface area contributed by atoms with Crippen molar-refractivity contribution in [2.75, 3.05) is 13.1 Å². The third kappa shape index (κ3) is 5.11. The zero-order valence-corrected chi connectivity index (χ0v) is 16.3. The first-order valence-corrected chi connectivity index (χ1v) is 10.1. The molecule has 0 heterocycles. The molecule has 152 valence electrons. The van der Waals surface area contributed by atoms with Gasteiger partial charge in [-0.3, -0.25) is 4.79 Å². The Morgan fingerprint density at radius 3 is 2.18 bits per heavy atom. The number of nitrogens with one attached hydrogen (secondary N) is 1. The average Bonchev–Trinajstić information content (AvgIpc) is 2.66.